The molecule has 0 aromatic carbocycles. The fraction of sp³-hybridized carbons (Fsp3) is 0.600. The highest BCUT2D eigenvalue weighted by Crippen LogP contribution is 2.16. The monoisotopic (exact) mass is 269 g/mol. The van der Waals surface area contributed by atoms with Gasteiger partial charge in [0.25, 0.3) is 5.91 Å². The van der Waals surface area contributed by atoms with Gasteiger partial charge in [-0.25, -0.2) is 15.0 Å². The Balaban J connectivity index is 1.88. The van der Waals surface area contributed by atoms with E-state index < -0.39 is 18.5 Å². The molecule has 1 fully saturated rings. The standard InChI is InChI=1S/C10H15N5O4/c16-9(17)6-19-13-10(18)8-5-15(14-12-8)7-1-3-11-4-2-7/h5,7,11H,1-4,6H2,(H,13,18)(H,16,17). The van der Waals surface area contributed by atoms with Gasteiger partial charge in [-0.2, -0.15) is 0 Å². The normalized spacial score (nSPS) is 16.2. The first-order chi connectivity index (χ1) is 9.16. The van der Waals surface area contributed by atoms with Crippen molar-refractivity contribution in [2.45, 2.75) is 18.9 Å². The molecule has 0 atom stereocenters. The van der Waals surface area contributed by atoms with Crippen LogP contribution in [0.3, 0.4) is 0 Å². The van der Waals surface area contributed by atoms with Gasteiger partial charge in [0.15, 0.2) is 12.3 Å². The molecule has 1 amide bonds. The second-order valence-electron chi connectivity index (χ2n) is 4.18. The zero-order chi connectivity index (χ0) is 13.7. The quantitative estimate of drug-likeness (QED) is 0.583. The van der Waals surface area contributed by atoms with E-state index in [1.54, 1.807) is 4.68 Å². The van der Waals surface area contributed by atoms with E-state index in [1.807, 2.05) is 5.48 Å². The van der Waals surface area contributed by atoms with E-state index in [2.05, 4.69) is 20.5 Å². The molecule has 1 saturated heterocycles. The van der Waals surface area contributed by atoms with Crippen molar-refractivity contribution in [2.75, 3.05) is 19.7 Å². The number of piperidine rings is 1. The highest BCUT2D eigenvalue weighted by atomic mass is 16.7. The maximum atomic E-state index is 11.6. The van der Waals surface area contributed by atoms with Crippen molar-refractivity contribution < 1.29 is 19.5 Å². The highest BCUT2D eigenvalue weighted by Gasteiger charge is 2.18. The molecule has 0 radical (unpaired) electrons. The van der Waals surface area contributed by atoms with Crippen LogP contribution in [0.1, 0.15) is 29.4 Å². The number of carboxylic acid groups (broad SMARTS) is 1. The molecule has 0 saturated carbocycles. The van der Waals surface area contributed by atoms with Crippen LogP contribution in [0.15, 0.2) is 6.20 Å². The second kappa shape index (κ2) is 6.25. The number of hydrogen-bond donors (Lipinski definition) is 3. The van der Waals surface area contributed by atoms with E-state index in [9.17, 15) is 9.59 Å². The molecule has 1 aliphatic heterocycles. The lowest BCUT2D eigenvalue weighted by molar-refractivity contribution is -0.144. The number of hydroxylamine groups is 1. The van der Waals surface area contributed by atoms with Gasteiger partial charge in [0.05, 0.1) is 12.2 Å². The summed E-state index contributed by atoms with van der Waals surface area (Å²) in [6, 6.07) is 0.232. The molecule has 9 nitrogen and oxygen atoms in total. The Morgan fingerprint density at radius 2 is 2.26 bits per heavy atom. The molecule has 1 aromatic rings. The third kappa shape index (κ3) is 3.73. The fourth-order valence-corrected chi connectivity index (χ4v) is 1.85. The summed E-state index contributed by atoms with van der Waals surface area (Å²) < 4.78 is 1.66. The summed E-state index contributed by atoms with van der Waals surface area (Å²) in [6.45, 7) is 1.22. The minimum atomic E-state index is -1.17. The number of aromatic nitrogens is 3. The van der Waals surface area contributed by atoms with E-state index in [4.69, 9.17) is 5.11 Å². The van der Waals surface area contributed by atoms with Crippen LogP contribution in [0.5, 0.6) is 0 Å². The van der Waals surface area contributed by atoms with Crippen LogP contribution in [0, 0.1) is 0 Å². The summed E-state index contributed by atoms with van der Waals surface area (Å²) in [6.07, 6.45) is 3.40. The molecule has 0 unspecified atom stereocenters. The Labute approximate surface area is 108 Å². The Bertz CT molecular complexity index is 455. The first-order valence-corrected chi connectivity index (χ1v) is 5.93. The molecular formula is C10H15N5O4. The van der Waals surface area contributed by atoms with Gasteiger partial charge in [0.1, 0.15) is 0 Å². The Morgan fingerprint density at radius 1 is 1.53 bits per heavy atom. The predicted molar refractivity (Wildman–Crippen MR) is 62.2 cm³/mol. The van der Waals surface area contributed by atoms with E-state index in [1.165, 1.54) is 6.20 Å². The van der Waals surface area contributed by atoms with Crippen LogP contribution in [0.25, 0.3) is 0 Å². The largest absolute Gasteiger partial charge is 0.479 e. The smallest absolute Gasteiger partial charge is 0.332 e. The van der Waals surface area contributed by atoms with E-state index >= 15 is 0 Å². The minimum absolute atomic E-state index is 0.101. The number of rotatable bonds is 5. The van der Waals surface area contributed by atoms with Gasteiger partial charge in [0.2, 0.25) is 0 Å². The van der Waals surface area contributed by atoms with Crippen LogP contribution in [0.2, 0.25) is 0 Å². The lowest BCUT2D eigenvalue weighted by Crippen LogP contribution is -2.29. The predicted octanol–water partition coefficient (Wildman–Crippen LogP) is -1.05. The zero-order valence-corrected chi connectivity index (χ0v) is 10.2. The molecule has 0 spiro atoms. The zero-order valence-electron chi connectivity index (χ0n) is 10.2. The first-order valence-electron chi connectivity index (χ1n) is 5.93. The summed E-state index contributed by atoms with van der Waals surface area (Å²) in [4.78, 5) is 26.3. The van der Waals surface area contributed by atoms with E-state index in [-0.39, 0.29) is 11.7 Å². The summed E-state index contributed by atoms with van der Waals surface area (Å²) in [7, 11) is 0. The number of carboxylic acids is 1. The van der Waals surface area contributed by atoms with Crippen molar-refractivity contribution in [2.24, 2.45) is 0 Å². The number of amides is 1. The molecule has 3 N–H and O–H groups in total. The Kier molecular flexibility index (Phi) is 4.42. The van der Waals surface area contributed by atoms with Gasteiger partial charge in [0, 0.05) is 0 Å². The van der Waals surface area contributed by atoms with Gasteiger partial charge in [-0.3, -0.25) is 9.63 Å². The molecule has 0 bridgehead atoms. The third-order valence-corrected chi connectivity index (χ3v) is 2.79. The van der Waals surface area contributed by atoms with E-state index in [0.717, 1.165) is 25.9 Å². The number of aliphatic carboxylic acids is 1. The fourth-order valence-electron chi connectivity index (χ4n) is 1.85. The van der Waals surface area contributed by atoms with Crippen LogP contribution >= 0.6 is 0 Å². The van der Waals surface area contributed by atoms with Crippen molar-refractivity contribution >= 4 is 11.9 Å². The molecule has 0 aliphatic carbocycles. The lowest BCUT2D eigenvalue weighted by Gasteiger charge is -2.21. The number of nitrogens with zero attached hydrogens (tertiary/aromatic N) is 3. The van der Waals surface area contributed by atoms with Gasteiger partial charge >= 0.3 is 5.97 Å². The van der Waals surface area contributed by atoms with Gasteiger partial charge in [-0.1, -0.05) is 5.21 Å². The van der Waals surface area contributed by atoms with Crippen LogP contribution in [0.4, 0.5) is 0 Å². The molecule has 2 rings (SSSR count). The van der Waals surface area contributed by atoms with Gasteiger partial charge < -0.3 is 10.4 Å². The van der Waals surface area contributed by atoms with Crippen LogP contribution in [-0.4, -0.2) is 51.7 Å². The van der Waals surface area contributed by atoms with Crippen molar-refractivity contribution in [3.63, 3.8) is 0 Å². The third-order valence-electron chi connectivity index (χ3n) is 2.79. The van der Waals surface area contributed by atoms with Crippen molar-refractivity contribution in [1.29, 1.82) is 0 Å². The average Bonchev–Trinajstić information content (AvgIpc) is 2.89. The summed E-state index contributed by atoms with van der Waals surface area (Å²) >= 11 is 0. The maximum Gasteiger partial charge on any atom is 0.332 e. The number of carbonyl (C=O) groups excluding carboxylic acids is 1. The van der Waals surface area contributed by atoms with Crippen LogP contribution in [-0.2, 0) is 9.63 Å². The summed E-state index contributed by atoms with van der Waals surface area (Å²) in [5.74, 6) is -1.78. The van der Waals surface area contributed by atoms with Gasteiger partial charge in [-0.05, 0) is 25.9 Å². The van der Waals surface area contributed by atoms with Crippen LogP contribution < -0.4 is 10.8 Å². The van der Waals surface area contributed by atoms with Crippen molar-refractivity contribution in [3.8, 4) is 0 Å². The molecule has 1 aromatic heterocycles. The Morgan fingerprint density at radius 3 is 2.95 bits per heavy atom. The van der Waals surface area contributed by atoms with Gasteiger partial charge in [-0.15, -0.1) is 5.10 Å². The van der Waals surface area contributed by atoms with Crippen molar-refractivity contribution in [3.05, 3.63) is 11.9 Å². The lowest BCUT2D eigenvalue weighted by atomic mass is 10.1. The number of carbonyl (C=O) groups is 2. The van der Waals surface area contributed by atoms with Crippen molar-refractivity contribution in [1.82, 2.24) is 25.8 Å². The number of hydrogen-bond acceptors (Lipinski definition) is 6. The molecule has 1 aliphatic rings. The SMILES string of the molecule is O=C(O)CONC(=O)c1cn(C2CCNCC2)nn1. The maximum absolute atomic E-state index is 11.6. The molecule has 19 heavy (non-hydrogen) atoms. The molecule has 104 valence electrons. The average molecular weight is 269 g/mol. The molecule has 9 heteroatoms. The molecule has 2 heterocycles. The molecular weight excluding hydrogens is 254 g/mol. The first kappa shape index (κ1) is 13.4. The number of nitrogens with one attached hydrogen (secondary N) is 2. The van der Waals surface area contributed by atoms with E-state index in [0.29, 0.717) is 0 Å². The minimum Gasteiger partial charge on any atom is -0.479 e. The summed E-state index contributed by atoms with van der Waals surface area (Å²) in [5.41, 5.74) is 2.10. The highest BCUT2D eigenvalue weighted by molar-refractivity contribution is 5.91. The Hall–Kier alpha value is -2.00. The topological polar surface area (TPSA) is 118 Å². The summed E-state index contributed by atoms with van der Waals surface area (Å²) in [5, 5.41) is 19.2. The second-order valence-corrected chi connectivity index (χ2v) is 4.18.